The number of piperazine rings is 4. The molecule has 6 aliphatic heterocycles. The van der Waals surface area contributed by atoms with Gasteiger partial charge in [-0.15, -0.1) is 0 Å². The van der Waals surface area contributed by atoms with Crippen LogP contribution < -0.4 is 0 Å². The number of β-amino-alcohol motifs (C(OH)–C–C–N with tert-alkyl or cyclic N) is 2. The Kier molecular flexibility index (Phi) is 28.0. The van der Waals surface area contributed by atoms with Gasteiger partial charge in [0.1, 0.15) is 0 Å². The van der Waals surface area contributed by atoms with Crippen molar-refractivity contribution in [3.8, 4) is 0 Å². The Hall–Kier alpha value is -0.970. The average Bonchev–Trinajstić information content (AvgIpc) is 3.84. The Morgan fingerprint density at radius 1 is 0.493 bits per heavy atom. The molecular weight excluding hydrogens is 861 g/mol. The van der Waals surface area contributed by atoms with Crippen LogP contribution in [0.25, 0.3) is 0 Å². The fourth-order valence-electron chi connectivity index (χ4n) is 9.64. The van der Waals surface area contributed by atoms with Crippen molar-refractivity contribution in [3.05, 3.63) is 0 Å². The number of rotatable bonds is 4. The highest BCUT2D eigenvalue weighted by Crippen LogP contribution is 2.28. The van der Waals surface area contributed by atoms with E-state index in [4.69, 9.17) is 5.11 Å². The number of carbonyl (C=O) groups is 1. The molecule has 69 heavy (non-hydrogen) atoms. The molecule has 0 saturated carbocycles. The number of carbonyl (C=O) groups excluding carboxylic acids is 1. The molecule has 2 N–H and O–H groups in total. The SMILES string of the molecule is CC(=O)N1CCN(C(C)(C)C)CC1.CC(C)(C)N1CCN(CCO)CC1.CC(C)(C)N1CC[C@@H](O)C1.CC(C)N1CCN(C(C)(C)C)CC1.CC1CN1C(C)(C)C.CCN1CCN(C(C)(C)C)CC1. The molecule has 0 aromatic rings. The van der Waals surface area contributed by atoms with E-state index in [2.05, 4.69) is 196 Å². The van der Waals surface area contributed by atoms with Gasteiger partial charge in [0, 0.05) is 183 Å². The van der Waals surface area contributed by atoms with E-state index in [1.165, 1.54) is 65.4 Å². The van der Waals surface area contributed by atoms with Crippen LogP contribution in [0.5, 0.6) is 0 Å². The second-order valence-electron chi connectivity index (χ2n) is 27.0. The summed E-state index contributed by atoms with van der Waals surface area (Å²) in [7, 11) is 0. The number of nitrogens with zero attached hydrogens (tertiary/aromatic N) is 10. The van der Waals surface area contributed by atoms with Crippen LogP contribution in [0.2, 0.25) is 0 Å². The number of aliphatic hydroxyl groups is 2. The van der Waals surface area contributed by atoms with E-state index in [0.717, 1.165) is 84.5 Å². The lowest BCUT2D eigenvalue weighted by atomic mass is 10.0. The molecule has 6 aliphatic rings. The van der Waals surface area contributed by atoms with Gasteiger partial charge in [0.25, 0.3) is 0 Å². The van der Waals surface area contributed by atoms with E-state index in [-0.39, 0.29) is 29.7 Å². The van der Waals surface area contributed by atoms with Crippen molar-refractivity contribution < 1.29 is 15.0 Å². The molecule has 412 valence electrons. The van der Waals surface area contributed by atoms with Crippen LogP contribution in [-0.2, 0) is 4.79 Å². The smallest absolute Gasteiger partial charge is 0.219 e. The topological polar surface area (TPSA) is 89.7 Å². The second-order valence-corrected chi connectivity index (χ2v) is 27.0. The number of aliphatic hydroxyl groups excluding tert-OH is 2. The predicted octanol–water partition coefficient (Wildman–Crippen LogP) is 6.92. The molecule has 0 aromatic carbocycles. The number of likely N-dealkylation sites (tertiary alicyclic amines) is 1. The molecular formula is C56H120N10O3. The maximum atomic E-state index is 11.1. The standard InChI is InChI=1S/C11H24N2.C10H20N2O.C10H22N2O.C10H22N2.C8H17NO.C7H15N/c1-10(2)12-6-8-13(9-7-12)11(3,4)5;1-9(13)11-5-7-12(8-6-11)10(2,3)4;1-10(2,3)12-6-4-11(5-7-12)8-9-13;1-5-11-6-8-12(9-7-11)10(2,3)4;1-8(2,3)9-5-4-7(10)6-9;1-6-5-8(6)7(2,3)4/h10H,6-9H2,1-5H3;5-8H2,1-4H3;13H,4-9H2,1-3H3;5-9H2,1-4H3;7,10H,4-6H2,1-3H3;6H,5H2,1-4H3/t;;;;7-;/m....1./s1. The molecule has 0 radical (unpaired) electrons. The summed E-state index contributed by atoms with van der Waals surface area (Å²) in [5.41, 5.74) is 1.90. The first-order chi connectivity index (χ1) is 31.4. The van der Waals surface area contributed by atoms with E-state index < -0.39 is 0 Å². The van der Waals surface area contributed by atoms with Crippen LogP contribution in [-0.4, -0.2) is 261 Å². The highest BCUT2D eigenvalue weighted by molar-refractivity contribution is 5.73. The summed E-state index contributed by atoms with van der Waals surface area (Å²) in [4.78, 5) is 35.2. The van der Waals surface area contributed by atoms with Crippen molar-refractivity contribution in [2.24, 2.45) is 0 Å². The van der Waals surface area contributed by atoms with Crippen molar-refractivity contribution >= 4 is 5.91 Å². The van der Waals surface area contributed by atoms with Crippen molar-refractivity contribution in [3.63, 3.8) is 0 Å². The molecule has 0 aromatic heterocycles. The molecule has 6 saturated heterocycles. The fraction of sp³-hybridized carbons (Fsp3) is 0.982. The first kappa shape index (κ1) is 66.0. The van der Waals surface area contributed by atoms with Gasteiger partial charge < -0.3 is 20.0 Å². The summed E-state index contributed by atoms with van der Waals surface area (Å²) in [6.07, 6.45) is 0.858. The molecule has 13 heteroatoms. The van der Waals surface area contributed by atoms with Crippen LogP contribution in [0.4, 0.5) is 0 Å². The quantitative estimate of drug-likeness (QED) is 0.287. The van der Waals surface area contributed by atoms with Gasteiger partial charge in [-0.25, -0.2) is 0 Å². The summed E-state index contributed by atoms with van der Waals surface area (Å²) >= 11 is 0. The number of hydrogen-bond acceptors (Lipinski definition) is 12. The number of hydrogen-bond donors (Lipinski definition) is 2. The van der Waals surface area contributed by atoms with Crippen LogP contribution in [0.1, 0.15) is 166 Å². The van der Waals surface area contributed by atoms with E-state index >= 15 is 0 Å². The van der Waals surface area contributed by atoms with E-state index in [1.807, 2.05) is 4.90 Å². The monoisotopic (exact) mass is 981 g/mol. The zero-order chi connectivity index (χ0) is 53.3. The highest BCUT2D eigenvalue weighted by Gasteiger charge is 2.38. The van der Waals surface area contributed by atoms with Crippen LogP contribution in [0.3, 0.4) is 0 Å². The summed E-state index contributed by atoms with van der Waals surface area (Å²) in [6, 6.07) is 1.55. The highest BCUT2D eigenvalue weighted by atomic mass is 16.3. The largest absolute Gasteiger partial charge is 0.395 e. The minimum absolute atomic E-state index is 0.0841. The van der Waals surface area contributed by atoms with Gasteiger partial charge in [-0.3, -0.25) is 44.0 Å². The Morgan fingerprint density at radius 3 is 1.04 bits per heavy atom. The third kappa shape index (κ3) is 26.7. The average molecular weight is 982 g/mol. The van der Waals surface area contributed by atoms with Gasteiger partial charge in [0.15, 0.2) is 0 Å². The van der Waals surface area contributed by atoms with E-state index in [0.29, 0.717) is 28.2 Å². The van der Waals surface area contributed by atoms with Gasteiger partial charge in [0.05, 0.1) is 12.7 Å². The molecule has 0 spiro atoms. The second kappa shape index (κ2) is 29.2. The first-order valence-electron chi connectivity index (χ1n) is 27.7. The zero-order valence-corrected chi connectivity index (χ0v) is 50.3. The lowest BCUT2D eigenvalue weighted by Gasteiger charge is -2.43. The predicted molar refractivity (Wildman–Crippen MR) is 298 cm³/mol. The normalized spacial score (nSPS) is 24.9. The molecule has 13 nitrogen and oxygen atoms in total. The summed E-state index contributed by atoms with van der Waals surface area (Å²) < 4.78 is 0. The van der Waals surface area contributed by atoms with Crippen molar-refractivity contribution in [1.29, 1.82) is 0 Å². The van der Waals surface area contributed by atoms with Crippen LogP contribution >= 0.6 is 0 Å². The maximum absolute atomic E-state index is 11.1. The summed E-state index contributed by atoms with van der Waals surface area (Å²) in [6.45, 7) is 74.9. The minimum Gasteiger partial charge on any atom is -0.395 e. The number of likely N-dealkylation sites (N-methyl/N-ethyl adjacent to an activating group) is 1. The summed E-state index contributed by atoms with van der Waals surface area (Å²) in [5, 5.41) is 18.0. The van der Waals surface area contributed by atoms with Gasteiger partial charge in [-0.1, -0.05) is 6.92 Å². The zero-order valence-electron chi connectivity index (χ0n) is 50.3. The maximum Gasteiger partial charge on any atom is 0.219 e. The number of amides is 1. The molecule has 1 amide bonds. The fourth-order valence-corrected chi connectivity index (χ4v) is 9.64. The third-order valence-corrected chi connectivity index (χ3v) is 15.0. The van der Waals surface area contributed by atoms with Gasteiger partial charge >= 0.3 is 0 Å². The third-order valence-electron chi connectivity index (χ3n) is 15.0. The molecule has 0 aliphatic carbocycles. The molecule has 0 bridgehead atoms. The molecule has 6 rings (SSSR count). The van der Waals surface area contributed by atoms with Crippen LogP contribution in [0, 0.1) is 0 Å². The molecule has 2 unspecified atom stereocenters. The first-order valence-corrected chi connectivity index (χ1v) is 27.7. The van der Waals surface area contributed by atoms with Gasteiger partial charge in [-0.05, 0) is 158 Å². The van der Waals surface area contributed by atoms with Crippen molar-refractivity contribution in [1.82, 2.24) is 49.0 Å². The van der Waals surface area contributed by atoms with E-state index in [9.17, 15) is 9.90 Å². The van der Waals surface area contributed by atoms with Crippen molar-refractivity contribution in [2.75, 3.05) is 144 Å². The Balaban J connectivity index is 0.000000417. The lowest BCUT2D eigenvalue weighted by Crippen LogP contribution is -2.54. The minimum atomic E-state index is -0.0841. The Labute approximate surface area is 429 Å². The Morgan fingerprint density at radius 2 is 0.826 bits per heavy atom. The molecule has 3 atom stereocenters. The molecule has 6 heterocycles. The van der Waals surface area contributed by atoms with Crippen molar-refractivity contribution in [2.45, 2.75) is 217 Å². The van der Waals surface area contributed by atoms with Gasteiger partial charge in [0.2, 0.25) is 5.91 Å². The van der Waals surface area contributed by atoms with Gasteiger partial charge in [-0.2, -0.15) is 0 Å². The summed E-state index contributed by atoms with van der Waals surface area (Å²) in [5.74, 6) is 0.202. The molecule has 6 fully saturated rings. The lowest BCUT2D eigenvalue weighted by molar-refractivity contribution is -0.131. The Bertz CT molecular complexity index is 1360. The van der Waals surface area contributed by atoms with E-state index in [1.54, 1.807) is 6.92 Å². The van der Waals surface area contributed by atoms with Crippen LogP contribution in [0.15, 0.2) is 0 Å².